The molecule has 0 saturated carbocycles. The molecule has 8 heteroatoms. The summed E-state index contributed by atoms with van der Waals surface area (Å²) in [4.78, 5) is 25.6. The summed E-state index contributed by atoms with van der Waals surface area (Å²) in [5.41, 5.74) is -0.00886. The standard InChI is InChI=1S/C17H25N3O5/c21-17(25-16-12-8-9-13-18-16)15(19-22)11-7-5-3-1-2-4-6-10-14-20(23)24/h8-9,12-13,22H,1-7,10-11,14H2/b19-15+. The van der Waals surface area contributed by atoms with E-state index in [-0.39, 0.29) is 23.1 Å². The third kappa shape index (κ3) is 10.1. The van der Waals surface area contributed by atoms with Gasteiger partial charge in [-0.3, -0.25) is 10.1 Å². The van der Waals surface area contributed by atoms with Gasteiger partial charge in [-0.05, 0) is 18.9 Å². The summed E-state index contributed by atoms with van der Waals surface area (Å²) in [6.07, 6.45) is 9.19. The Morgan fingerprint density at radius 3 is 2.32 bits per heavy atom. The van der Waals surface area contributed by atoms with E-state index in [1.807, 2.05) is 0 Å². The highest BCUT2D eigenvalue weighted by atomic mass is 16.6. The van der Waals surface area contributed by atoms with Crippen molar-refractivity contribution in [2.75, 3.05) is 6.54 Å². The first-order chi connectivity index (χ1) is 12.1. The number of carbonyl (C=O) groups excluding carboxylic acids is 1. The summed E-state index contributed by atoms with van der Waals surface area (Å²) in [5.74, 6) is -0.516. The minimum Gasteiger partial charge on any atom is -0.410 e. The molecule has 0 aromatic carbocycles. The summed E-state index contributed by atoms with van der Waals surface area (Å²) in [6.45, 7) is 0.0534. The largest absolute Gasteiger partial charge is 0.410 e. The maximum Gasteiger partial charge on any atom is 0.362 e. The van der Waals surface area contributed by atoms with Crippen LogP contribution in [0.4, 0.5) is 0 Å². The van der Waals surface area contributed by atoms with Gasteiger partial charge in [0.15, 0.2) is 5.71 Å². The Labute approximate surface area is 147 Å². The molecule has 1 N–H and O–H groups in total. The van der Waals surface area contributed by atoms with Crippen LogP contribution in [0.25, 0.3) is 0 Å². The van der Waals surface area contributed by atoms with Crippen LogP contribution in [0, 0.1) is 10.1 Å². The molecule has 25 heavy (non-hydrogen) atoms. The molecule has 0 spiro atoms. The molecule has 0 radical (unpaired) electrons. The van der Waals surface area contributed by atoms with Crippen molar-refractivity contribution in [3.63, 3.8) is 0 Å². The Morgan fingerprint density at radius 1 is 1.12 bits per heavy atom. The van der Waals surface area contributed by atoms with Gasteiger partial charge in [0.2, 0.25) is 12.4 Å². The maximum atomic E-state index is 11.9. The molecule has 1 rings (SSSR count). The number of carbonyl (C=O) groups is 1. The fourth-order valence-corrected chi connectivity index (χ4v) is 2.35. The predicted octanol–water partition coefficient (Wildman–Crippen LogP) is 3.60. The van der Waals surface area contributed by atoms with Crippen LogP contribution in [-0.2, 0) is 4.79 Å². The molecule has 1 aromatic heterocycles. The number of unbranched alkanes of at least 4 members (excludes halogenated alkanes) is 7. The summed E-state index contributed by atoms with van der Waals surface area (Å²) in [7, 11) is 0. The van der Waals surface area contributed by atoms with Crippen LogP contribution in [-0.4, -0.2) is 33.3 Å². The van der Waals surface area contributed by atoms with Crippen molar-refractivity contribution in [3.8, 4) is 5.88 Å². The molecule has 0 aliphatic carbocycles. The van der Waals surface area contributed by atoms with Gasteiger partial charge in [0.05, 0.1) is 0 Å². The third-order valence-electron chi connectivity index (χ3n) is 3.70. The lowest BCUT2D eigenvalue weighted by Crippen LogP contribution is -2.21. The van der Waals surface area contributed by atoms with E-state index in [2.05, 4.69) is 10.1 Å². The van der Waals surface area contributed by atoms with Gasteiger partial charge in [0.1, 0.15) is 0 Å². The van der Waals surface area contributed by atoms with E-state index >= 15 is 0 Å². The van der Waals surface area contributed by atoms with Gasteiger partial charge >= 0.3 is 5.97 Å². The molecule has 1 aromatic rings. The number of nitrogens with zero attached hydrogens (tertiary/aromatic N) is 3. The van der Waals surface area contributed by atoms with Crippen molar-refractivity contribution in [1.29, 1.82) is 0 Å². The Bertz CT molecular complexity index is 548. The first-order valence-electron chi connectivity index (χ1n) is 8.59. The fraction of sp³-hybridized carbons (Fsp3) is 0.588. The average molecular weight is 351 g/mol. The zero-order valence-corrected chi connectivity index (χ0v) is 14.3. The van der Waals surface area contributed by atoms with Gasteiger partial charge in [-0.25, -0.2) is 9.78 Å². The van der Waals surface area contributed by atoms with E-state index in [0.717, 1.165) is 44.9 Å². The lowest BCUT2D eigenvalue weighted by Gasteiger charge is -2.05. The second-order valence-corrected chi connectivity index (χ2v) is 5.74. The van der Waals surface area contributed by atoms with Gasteiger partial charge in [0.25, 0.3) is 0 Å². The van der Waals surface area contributed by atoms with Crippen LogP contribution in [0.5, 0.6) is 5.88 Å². The predicted molar refractivity (Wildman–Crippen MR) is 92.5 cm³/mol. The lowest BCUT2D eigenvalue weighted by molar-refractivity contribution is -0.480. The molecule has 0 amide bonds. The zero-order chi connectivity index (χ0) is 18.3. The second kappa shape index (κ2) is 12.9. The maximum absolute atomic E-state index is 11.9. The molecule has 0 aliphatic rings. The van der Waals surface area contributed by atoms with Crippen molar-refractivity contribution >= 4 is 11.7 Å². The number of nitro groups is 1. The first kappa shape index (κ1) is 20.5. The number of pyridine rings is 1. The molecule has 0 fully saturated rings. The van der Waals surface area contributed by atoms with Crippen LogP contribution in [0.1, 0.15) is 57.8 Å². The van der Waals surface area contributed by atoms with Crippen LogP contribution >= 0.6 is 0 Å². The van der Waals surface area contributed by atoms with E-state index in [4.69, 9.17) is 9.94 Å². The Hall–Kier alpha value is -2.51. The summed E-state index contributed by atoms with van der Waals surface area (Å²) in [6, 6.07) is 4.96. The number of aromatic nitrogens is 1. The molecular formula is C17H25N3O5. The van der Waals surface area contributed by atoms with Gasteiger partial charge in [-0.2, -0.15) is 0 Å². The Morgan fingerprint density at radius 2 is 1.76 bits per heavy atom. The normalized spacial score (nSPS) is 11.3. The molecule has 0 atom stereocenters. The van der Waals surface area contributed by atoms with E-state index < -0.39 is 5.97 Å². The monoisotopic (exact) mass is 351 g/mol. The topological polar surface area (TPSA) is 115 Å². The highest BCUT2D eigenvalue weighted by molar-refractivity contribution is 6.36. The average Bonchev–Trinajstić information content (AvgIpc) is 2.60. The quantitative estimate of drug-likeness (QED) is 0.145. The minimum atomic E-state index is -0.688. The van der Waals surface area contributed by atoms with Gasteiger partial charge in [-0.1, -0.05) is 43.3 Å². The number of ether oxygens (including phenoxy) is 1. The minimum absolute atomic E-state index is 0.00886. The Kier molecular flexibility index (Phi) is 10.6. The second-order valence-electron chi connectivity index (χ2n) is 5.74. The molecule has 138 valence electrons. The molecule has 1 heterocycles. The van der Waals surface area contributed by atoms with Crippen molar-refractivity contribution in [2.24, 2.45) is 5.16 Å². The van der Waals surface area contributed by atoms with Gasteiger partial charge < -0.3 is 9.94 Å². The van der Waals surface area contributed by atoms with Crippen molar-refractivity contribution in [3.05, 3.63) is 34.5 Å². The van der Waals surface area contributed by atoms with Crippen LogP contribution in [0.2, 0.25) is 0 Å². The summed E-state index contributed by atoms with van der Waals surface area (Å²) >= 11 is 0. The Balaban J connectivity index is 2.07. The van der Waals surface area contributed by atoms with Crippen LogP contribution in [0.3, 0.4) is 0 Å². The number of hydrogen-bond acceptors (Lipinski definition) is 7. The third-order valence-corrected chi connectivity index (χ3v) is 3.70. The lowest BCUT2D eigenvalue weighted by atomic mass is 10.1. The summed E-state index contributed by atoms with van der Waals surface area (Å²) < 4.78 is 5.03. The van der Waals surface area contributed by atoms with Gasteiger partial charge in [0, 0.05) is 30.0 Å². The van der Waals surface area contributed by atoms with Crippen molar-refractivity contribution < 1.29 is 19.7 Å². The number of rotatable bonds is 13. The fourth-order valence-electron chi connectivity index (χ4n) is 2.35. The molecule has 0 saturated heterocycles. The molecule has 8 nitrogen and oxygen atoms in total. The molecular weight excluding hydrogens is 326 g/mol. The molecule has 0 unspecified atom stereocenters. The van der Waals surface area contributed by atoms with E-state index in [1.54, 1.807) is 18.2 Å². The highest BCUT2D eigenvalue weighted by Gasteiger charge is 2.15. The number of esters is 1. The summed E-state index contributed by atoms with van der Waals surface area (Å²) in [5, 5.41) is 22.2. The highest BCUT2D eigenvalue weighted by Crippen LogP contribution is 2.11. The molecule has 0 aliphatic heterocycles. The van der Waals surface area contributed by atoms with Gasteiger partial charge in [-0.15, -0.1) is 0 Å². The zero-order valence-electron chi connectivity index (χ0n) is 14.3. The number of oxime groups is 1. The SMILES string of the molecule is O=C(Oc1ccccn1)/C(CCCCCCCCCC[N+](=O)[O-])=N/O. The van der Waals surface area contributed by atoms with Crippen molar-refractivity contribution in [2.45, 2.75) is 57.8 Å². The van der Waals surface area contributed by atoms with Crippen LogP contribution in [0.15, 0.2) is 29.6 Å². The molecule has 0 bridgehead atoms. The van der Waals surface area contributed by atoms with E-state index in [9.17, 15) is 14.9 Å². The van der Waals surface area contributed by atoms with E-state index in [0.29, 0.717) is 12.8 Å². The van der Waals surface area contributed by atoms with Crippen LogP contribution < -0.4 is 4.74 Å². The van der Waals surface area contributed by atoms with E-state index in [1.165, 1.54) is 6.20 Å². The number of hydrogen-bond donors (Lipinski definition) is 1. The van der Waals surface area contributed by atoms with Crippen molar-refractivity contribution in [1.82, 2.24) is 4.98 Å². The smallest absolute Gasteiger partial charge is 0.362 e. The first-order valence-corrected chi connectivity index (χ1v) is 8.59.